The van der Waals surface area contributed by atoms with E-state index in [9.17, 15) is 9.59 Å². The second-order valence-electron chi connectivity index (χ2n) is 5.94. The highest BCUT2D eigenvalue weighted by molar-refractivity contribution is 5.85. The Labute approximate surface area is 130 Å². The van der Waals surface area contributed by atoms with E-state index < -0.39 is 6.04 Å². The van der Waals surface area contributed by atoms with E-state index in [1.165, 1.54) is 0 Å². The highest BCUT2D eigenvalue weighted by atomic mass is 16.2. The minimum atomic E-state index is -0.652. The summed E-state index contributed by atoms with van der Waals surface area (Å²) in [6, 6.07) is -0.777. The van der Waals surface area contributed by atoms with E-state index in [0.717, 1.165) is 51.6 Å². The molecule has 2 aliphatic rings. The Bertz CT molecular complexity index is 404. The lowest BCUT2D eigenvalue weighted by atomic mass is 10.1. The molecule has 0 radical (unpaired) electrons. The van der Waals surface area contributed by atoms with E-state index in [1.54, 1.807) is 4.90 Å². The van der Waals surface area contributed by atoms with Crippen molar-refractivity contribution in [2.75, 3.05) is 26.2 Å². The van der Waals surface area contributed by atoms with Crippen LogP contribution in [0.1, 0.15) is 25.7 Å². The number of rotatable bonds is 6. The van der Waals surface area contributed by atoms with Gasteiger partial charge < -0.3 is 31.4 Å². The van der Waals surface area contributed by atoms with Crippen molar-refractivity contribution >= 4 is 18.2 Å². The van der Waals surface area contributed by atoms with Crippen LogP contribution in [-0.4, -0.2) is 67.4 Å². The van der Waals surface area contributed by atoms with Gasteiger partial charge >= 0.3 is 0 Å². The minimum absolute atomic E-state index is 0.0613. The van der Waals surface area contributed by atoms with Gasteiger partial charge in [0, 0.05) is 19.1 Å². The van der Waals surface area contributed by atoms with Crippen molar-refractivity contribution in [1.82, 2.24) is 20.9 Å². The van der Waals surface area contributed by atoms with E-state index in [-0.39, 0.29) is 30.5 Å². The van der Waals surface area contributed by atoms with Crippen molar-refractivity contribution in [2.24, 2.45) is 5.73 Å². The second kappa shape index (κ2) is 8.09. The molecule has 1 amide bonds. The molecule has 1 unspecified atom stereocenters. The van der Waals surface area contributed by atoms with Crippen LogP contribution in [0.4, 0.5) is 0 Å². The number of carbonyl (C=O) groups is 2. The number of nitrogens with zero attached hydrogens (tertiary/aromatic N) is 1. The van der Waals surface area contributed by atoms with Crippen molar-refractivity contribution in [3.63, 3.8) is 0 Å². The standard InChI is InChI=1S/C14H26N6O2/c15-14(16)20(11-3-1-5-17-7-11)8-10(9-21)19-13(22)12-4-2-6-18-12/h9-12,17-18H,1-8H2,(H3,15,16)(H,19,22)/t10-,11?,12-/m0/s1. The Hall–Kier alpha value is -1.67. The van der Waals surface area contributed by atoms with Crippen LogP contribution in [0.25, 0.3) is 0 Å². The number of piperidine rings is 1. The maximum Gasteiger partial charge on any atom is 0.237 e. The van der Waals surface area contributed by atoms with Gasteiger partial charge in [-0.3, -0.25) is 10.2 Å². The molecule has 3 atom stereocenters. The zero-order chi connectivity index (χ0) is 15.9. The quantitative estimate of drug-likeness (QED) is 0.228. The van der Waals surface area contributed by atoms with E-state index in [0.29, 0.717) is 0 Å². The summed E-state index contributed by atoms with van der Waals surface area (Å²) in [5.74, 6) is -0.214. The van der Waals surface area contributed by atoms with Crippen LogP contribution in [-0.2, 0) is 9.59 Å². The van der Waals surface area contributed by atoms with Crippen LogP contribution in [0.3, 0.4) is 0 Å². The summed E-state index contributed by atoms with van der Waals surface area (Å²) in [6.07, 6.45) is 4.42. The first-order chi connectivity index (χ1) is 10.6. The Balaban J connectivity index is 1.91. The van der Waals surface area contributed by atoms with Gasteiger partial charge in [0.25, 0.3) is 0 Å². The average Bonchev–Trinajstić information content (AvgIpc) is 3.06. The molecular formula is C14H26N6O2. The topological polar surface area (TPSA) is 123 Å². The molecule has 0 spiro atoms. The van der Waals surface area contributed by atoms with Crippen molar-refractivity contribution in [2.45, 2.75) is 43.8 Å². The van der Waals surface area contributed by atoms with Crippen LogP contribution in [0.15, 0.2) is 0 Å². The number of aldehydes is 1. The first kappa shape index (κ1) is 16.7. The lowest BCUT2D eigenvalue weighted by molar-refractivity contribution is -0.125. The number of nitrogens with two attached hydrogens (primary N) is 1. The SMILES string of the molecule is N=C(N)N(C[C@@H](C=O)NC(=O)[C@@H]1CCCN1)C1CCCNC1. The molecule has 0 bridgehead atoms. The fraction of sp³-hybridized carbons (Fsp3) is 0.786. The molecule has 0 aromatic rings. The first-order valence-electron chi connectivity index (χ1n) is 7.92. The summed E-state index contributed by atoms with van der Waals surface area (Å²) in [5, 5.41) is 16.9. The zero-order valence-corrected chi connectivity index (χ0v) is 12.8. The van der Waals surface area contributed by atoms with Gasteiger partial charge in [0.05, 0.1) is 6.04 Å². The van der Waals surface area contributed by atoms with Crippen molar-refractivity contribution in [1.29, 1.82) is 5.41 Å². The predicted molar refractivity (Wildman–Crippen MR) is 83.5 cm³/mol. The van der Waals surface area contributed by atoms with Gasteiger partial charge in [-0.15, -0.1) is 0 Å². The van der Waals surface area contributed by atoms with Crippen molar-refractivity contribution in [3.8, 4) is 0 Å². The molecule has 22 heavy (non-hydrogen) atoms. The van der Waals surface area contributed by atoms with Crippen LogP contribution in [0.2, 0.25) is 0 Å². The van der Waals surface area contributed by atoms with E-state index >= 15 is 0 Å². The van der Waals surface area contributed by atoms with Gasteiger partial charge in [0.1, 0.15) is 12.3 Å². The normalized spacial score (nSPS) is 26.2. The number of guanidine groups is 1. The fourth-order valence-electron chi connectivity index (χ4n) is 3.07. The molecular weight excluding hydrogens is 284 g/mol. The van der Waals surface area contributed by atoms with Crippen LogP contribution in [0.5, 0.6) is 0 Å². The Kier molecular flexibility index (Phi) is 6.14. The molecule has 124 valence electrons. The average molecular weight is 310 g/mol. The molecule has 0 aliphatic carbocycles. The van der Waals surface area contributed by atoms with Crippen LogP contribution < -0.4 is 21.7 Å². The number of carbonyl (C=O) groups excluding carboxylic acids is 2. The van der Waals surface area contributed by atoms with Crippen LogP contribution >= 0.6 is 0 Å². The molecule has 2 fully saturated rings. The van der Waals surface area contributed by atoms with E-state index in [2.05, 4.69) is 16.0 Å². The summed E-state index contributed by atoms with van der Waals surface area (Å²) in [7, 11) is 0. The summed E-state index contributed by atoms with van der Waals surface area (Å²) in [6.45, 7) is 2.77. The first-order valence-corrected chi connectivity index (χ1v) is 7.92. The number of nitrogens with one attached hydrogen (secondary N) is 4. The molecule has 0 aromatic carbocycles. The highest BCUT2D eigenvalue weighted by Gasteiger charge is 2.28. The lowest BCUT2D eigenvalue weighted by Gasteiger charge is -2.36. The van der Waals surface area contributed by atoms with Gasteiger partial charge in [0.15, 0.2) is 5.96 Å². The maximum atomic E-state index is 12.1. The molecule has 8 nitrogen and oxygen atoms in total. The van der Waals surface area contributed by atoms with Gasteiger partial charge in [-0.05, 0) is 38.8 Å². The van der Waals surface area contributed by atoms with Crippen LogP contribution in [0, 0.1) is 5.41 Å². The molecule has 8 heteroatoms. The predicted octanol–water partition coefficient (Wildman–Crippen LogP) is -1.63. The third kappa shape index (κ3) is 4.41. The zero-order valence-electron chi connectivity index (χ0n) is 12.8. The monoisotopic (exact) mass is 310 g/mol. The third-order valence-corrected chi connectivity index (χ3v) is 4.28. The summed E-state index contributed by atoms with van der Waals surface area (Å²) >= 11 is 0. The Morgan fingerprint density at radius 1 is 1.41 bits per heavy atom. The molecule has 6 N–H and O–H groups in total. The number of hydrogen-bond acceptors (Lipinski definition) is 5. The van der Waals surface area contributed by atoms with Crippen molar-refractivity contribution < 1.29 is 9.59 Å². The second-order valence-corrected chi connectivity index (χ2v) is 5.94. The highest BCUT2D eigenvalue weighted by Crippen LogP contribution is 2.11. The molecule has 2 aliphatic heterocycles. The smallest absolute Gasteiger partial charge is 0.237 e. The minimum Gasteiger partial charge on any atom is -0.370 e. The largest absolute Gasteiger partial charge is 0.370 e. The summed E-state index contributed by atoms with van der Waals surface area (Å²) < 4.78 is 0. The Morgan fingerprint density at radius 2 is 2.18 bits per heavy atom. The van der Waals surface area contributed by atoms with Crippen molar-refractivity contribution in [3.05, 3.63) is 0 Å². The maximum absolute atomic E-state index is 12.1. The van der Waals surface area contributed by atoms with Gasteiger partial charge in [0.2, 0.25) is 5.91 Å². The Morgan fingerprint density at radius 3 is 2.73 bits per heavy atom. The third-order valence-electron chi connectivity index (χ3n) is 4.28. The fourth-order valence-corrected chi connectivity index (χ4v) is 3.07. The van der Waals surface area contributed by atoms with Gasteiger partial charge in [-0.2, -0.15) is 0 Å². The van der Waals surface area contributed by atoms with Gasteiger partial charge in [-0.1, -0.05) is 0 Å². The van der Waals surface area contributed by atoms with E-state index in [4.69, 9.17) is 11.1 Å². The lowest BCUT2D eigenvalue weighted by Crippen LogP contribution is -2.57. The number of amides is 1. The summed E-state index contributed by atoms with van der Waals surface area (Å²) in [4.78, 5) is 25.1. The molecule has 0 aromatic heterocycles. The van der Waals surface area contributed by atoms with Gasteiger partial charge in [-0.25, -0.2) is 0 Å². The molecule has 0 saturated carbocycles. The molecule has 2 heterocycles. The molecule has 2 saturated heterocycles. The number of hydrogen-bond donors (Lipinski definition) is 5. The summed E-state index contributed by atoms with van der Waals surface area (Å²) in [5.41, 5.74) is 5.66. The van der Waals surface area contributed by atoms with E-state index in [1.807, 2.05) is 0 Å². The molecule has 2 rings (SSSR count).